The van der Waals surface area contributed by atoms with Crippen LogP contribution in [0, 0.1) is 13.8 Å². The SMILES string of the molecule is Cc1cnc(C)c(NCC(c2ccccc2Cl)N(C)C)n1. The van der Waals surface area contributed by atoms with Crippen LogP contribution < -0.4 is 5.32 Å². The summed E-state index contributed by atoms with van der Waals surface area (Å²) in [6, 6.07) is 8.10. The zero-order valence-electron chi connectivity index (χ0n) is 12.9. The summed E-state index contributed by atoms with van der Waals surface area (Å²) in [6.07, 6.45) is 1.78. The second kappa shape index (κ2) is 6.87. The van der Waals surface area contributed by atoms with E-state index in [1.54, 1.807) is 6.20 Å². The Balaban J connectivity index is 2.18. The third kappa shape index (κ3) is 3.93. The fourth-order valence-electron chi connectivity index (χ4n) is 2.21. The molecule has 1 unspecified atom stereocenters. The molecular weight excluding hydrogens is 284 g/mol. The van der Waals surface area contributed by atoms with Gasteiger partial charge in [0.25, 0.3) is 0 Å². The van der Waals surface area contributed by atoms with E-state index >= 15 is 0 Å². The van der Waals surface area contributed by atoms with E-state index in [9.17, 15) is 0 Å². The molecule has 112 valence electrons. The van der Waals surface area contributed by atoms with Crippen molar-refractivity contribution in [2.45, 2.75) is 19.9 Å². The van der Waals surface area contributed by atoms with Crippen LogP contribution in [0.2, 0.25) is 5.02 Å². The highest BCUT2D eigenvalue weighted by Crippen LogP contribution is 2.26. The fourth-order valence-corrected chi connectivity index (χ4v) is 2.48. The van der Waals surface area contributed by atoms with Crippen molar-refractivity contribution < 1.29 is 0 Å². The summed E-state index contributed by atoms with van der Waals surface area (Å²) >= 11 is 6.32. The summed E-state index contributed by atoms with van der Waals surface area (Å²) in [5, 5.41) is 4.17. The average molecular weight is 305 g/mol. The van der Waals surface area contributed by atoms with E-state index in [1.807, 2.05) is 46.1 Å². The third-order valence-corrected chi connectivity index (χ3v) is 3.77. The van der Waals surface area contributed by atoms with Gasteiger partial charge in [0.1, 0.15) is 5.82 Å². The predicted molar refractivity (Wildman–Crippen MR) is 87.9 cm³/mol. The fraction of sp³-hybridized carbons (Fsp3) is 0.375. The lowest BCUT2D eigenvalue weighted by atomic mass is 10.1. The Hall–Kier alpha value is -1.65. The van der Waals surface area contributed by atoms with Crippen LogP contribution in [0.5, 0.6) is 0 Å². The summed E-state index contributed by atoms with van der Waals surface area (Å²) in [7, 11) is 4.09. The van der Waals surface area contributed by atoms with Gasteiger partial charge in [-0.15, -0.1) is 0 Å². The summed E-state index contributed by atoms with van der Waals surface area (Å²) in [5.74, 6) is 0.828. The maximum absolute atomic E-state index is 6.32. The molecule has 1 aromatic heterocycles. The van der Waals surface area contributed by atoms with Gasteiger partial charge in [0, 0.05) is 17.8 Å². The number of hydrogen-bond donors (Lipinski definition) is 1. The second-order valence-corrected chi connectivity index (χ2v) is 5.73. The van der Waals surface area contributed by atoms with Crippen molar-refractivity contribution in [2.24, 2.45) is 0 Å². The molecule has 2 rings (SSSR count). The molecule has 0 saturated carbocycles. The third-order valence-electron chi connectivity index (χ3n) is 3.43. The first kappa shape index (κ1) is 15.7. The Morgan fingerprint density at radius 3 is 2.62 bits per heavy atom. The van der Waals surface area contributed by atoms with Crippen LogP contribution >= 0.6 is 11.6 Å². The van der Waals surface area contributed by atoms with Crippen molar-refractivity contribution in [3.63, 3.8) is 0 Å². The number of halogens is 1. The smallest absolute Gasteiger partial charge is 0.147 e. The Kier molecular flexibility index (Phi) is 5.15. The lowest BCUT2D eigenvalue weighted by Gasteiger charge is -2.26. The molecule has 21 heavy (non-hydrogen) atoms. The number of hydrogen-bond acceptors (Lipinski definition) is 4. The first-order valence-electron chi connectivity index (χ1n) is 6.94. The van der Waals surface area contributed by atoms with Gasteiger partial charge in [-0.25, -0.2) is 4.98 Å². The maximum atomic E-state index is 6.32. The van der Waals surface area contributed by atoms with Crippen LogP contribution in [-0.2, 0) is 0 Å². The van der Waals surface area contributed by atoms with Crippen LogP contribution in [-0.4, -0.2) is 35.5 Å². The van der Waals surface area contributed by atoms with E-state index < -0.39 is 0 Å². The van der Waals surface area contributed by atoms with E-state index in [4.69, 9.17) is 11.6 Å². The molecule has 1 N–H and O–H groups in total. The standard InChI is InChI=1S/C16H21ClN4/c1-11-9-18-12(2)16(20-11)19-10-15(21(3)4)13-7-5-6-8-14(13)17/h5-9,15H,10H2,1-4H3,(H,19,20). The number of likely N-dealkylation sites (N-methyl/N-ethyl adjacent to an activating group) is 1. The molecule has 1 aromatic carbocycles. The molecule has 1 atom stereocenters. The van der Waals surface area contributed by atoms with Gasteiger partial charge in [-0.05, 0) is 39.6 Å². The zero-order chi connectivity index (χ0) is 15.4. The number of rotatable bonds is 5. The molecule has 4 nitrogen and oxygen atoms in total. The van der Waals surface area contributed by atoms with Crippen molar-refractivity contribution in [3.05, 3.63) is 52.4 Å². The van der Waals surface area contributed by atoms with Crippen molar-refractivity contribution in [1.82, 2.24) is 14.9 Å². The molecule has 5 heteroatoms. The first-order valence-corrected chi connectivity index (χ1v) is 7.32. The molecule has 0 amide bonds. The van der Waals surface area contributed by atoms with Gasteiger partial charge in [0.05, 0.1) is 17.4 Å². The topological polar surface area (TPSA) is 41.1 Å². The lowest BCUT2D eigenvalue weighted by molar-refractivity contribution is 0.311. The Morgan fingerprint density at radius 1 is 1.24 bits per heavy atom. The average Bonchev–Trinajstić information content (AvgIpc) is 2.44. The van der Waals surface area contributed by atoms with Crippen molar-refractivity contribution >= 4 is 17.4 Å². The Morgan fingerprint density at radius 2 is 1.95 bits per heavy atom. The monoisotopic (exact) mass is 304 g/mol. The summed E-state index contributed by atoms with van der Waals surface area (Å²) in [5.41, 5.74) is 2.91. The molecule has 0 aliphatic rings. The molecule has 1 heterocycles. The van der Waals surface area contributed by atoms with E-state index in [-0.39, 0.29) is 6.04 Å². The minimum atomic E-state index is 0.167. The number of nitrogens with zero attached hydrogens (tertiary/aromatic N) is 3. The van der Waals surface area contributed by atoms with Gasteiger partial charge < -0.3 is 10.2 Å². The minimum absolute atomic E-state index is 0.167. The Bertz CT molecular complexity index is 613. The number of aromatic nitrogens is 2. The highest BCUT2D eigenvalue weighted by Gasteiger charge is 2.17. The normalized spacial score (nSPS) is 12.5. The van der Waals surface area contributed by atoms with Crippen LogP contribution in [0.1, 0.15) is 23.0 Å². The van der Waals surface area contributed by atoms with Crippen LogP contribution in [0.4, 0.5) is 5.82 Å². The van der Waals surface area contributed by atoms with Crippen molar-refractivity contribution in [3.8, 4) is 0 Å². The quantitative estimate of drug-likeness (QED) is 0.918. The Labute approximate surface area is 131 Å². The van der Waals surface area contributed by atoms with E-state index in [1.165, 1.54) is 0 Å². The van der Waals surface area contributed by atoms with Gasteiger partial charge in [-0.1, -0.05) is 29.8 Å². The number of benzene rings is 1. The molecular formula is C16H21ClN4. The largest absolute Gasteiger partial charge is 0.367 e. The first-order chi connectivity index (χ1) is 9.99. The maximum Gasteiger partial charge on any atom is 0.147 e. The molecule has 0 radical (unpaired) electrons. The highest BCUT2D eigenvalue weighted by molar-refractivity contribution is 6.31. The number of nitrogens with one attached hydrogen (secondary N) is 1. The lowest BCUT2D eigenvalue weighted by Crippen LogP contribution is -2.27. The molecule has 0 saturated heterocycles. The predicted octanol–water partition coefficient (Wildman–Crippen LogP) is 3.46. The van der Waals surface area contributed by atoms with E-state index in [2.05, 4.69) is 26.3 Å². The van der Waals surface area contributed by atoms with Crippen LogP contribution in [0.15, 0.2) is 30.5 Å². The van der Waals surface area contributed by atoms with Gasteiger partial charge in [0.15, 0.2) is 0 Å². The molecule has 0 aliphatic carbocycles. The summed E-state index contributed by atoms with van der Waals surface area (Å²) in [4.78, 5) is 11.0. The van der Waals surface area contributed by atoms with Crippen molar-refractivity contribution in [1.29, 1.82) is 0 Å². The minimum Gasteiger partial charge on any atom is -0.367 e. The van der Waals surface area contributed by atoms with Gasteiger partial charge >= 0.3 is 0 Å². The zero-order valence-corrected chi connectivity index (χ0v) is 13.6. The molecule has 0 aliphatic heterocycles. The van der Waals surface area contributed by atoms with Crippen LogP contribution in [0.25, 0.3) is 0 Å². The van der Waals surface area contributed by atoms with Gasteiger partial charge in [-0.3, -0.25) is 4.98 Å². The number of aryl methyl sites for hydroxylation is 2. The molecule has 2 aromatic rings. The van der Waals surface area contributed by atoms with Crippen molar-refractivity contribution in [2.75, 3.05) is 26.0 Å². The van der Waals surface area contributed by atoms with Gasteiger partial charge in [-0.2, -0.15) is 0 Å². The molecule has 0 spiro atoms. The number of anilines is 1. The van der Waals surface area contributed by atoms with E-state index in [0.717, 1.165) is 34.3 Å². The highest BCUT2D eigenvalue weighted by atomic mass is 35.5. The molecule has 0 fully saturated rings. The van der Waals surface area contributed by atoms with Gasteiger partial charge in [0.2, 0.25) is 0 Å². The summed E-state index contributed by atoms with van der Waals surface area (Å²) in [6.45, 7) is 4.61. The molecule has 0 bridgehead atoms. The second-order valence-electron chi connectivity index (χ2n) is 5.33. The van der Waals surface area contributed by atoms with E-state index in [0.29, 0.717) is 0 Å². The summed E-state index contributed by atoms with van der Waals surface area (Å²) < 4.78 is 0. The van der Waals surface area contributed by atoms with Crippen LogP contribution in [0.3, 0.4) is 0 Å².